The lowest BCUT2D eigenvalue weighted by atomic mass is 9.93. The smallest absolute Gasteiger partial charge is 0.227 e. The Kier molecular flexibility index (Phi) is 7.05. The Labute approximate surface area is 156 Å². The molecule has 2 aliphatic heterocycles. The van der Waals surface area contributed by atoms with Crippen LogP contribution in [0.25, 0.3) is 0 Å². The topological polar surface area (TPSA) is 59.8 Å². The Morgan fingerprint density at radius 3 is 2.88 bits per heavy atom. The second-order valence-corrected chi connectivity index (χ2v) is 7.45. The van der Waals surface area contributed by atoms with Crippen LogP contribution in [0.15, 0.2) is 12.4 Å². The van der Waals surface area contributed by atoms with E-state index in [1.54, 1.807) is 11.8 Å². The maximum absolute atomic E-state index is 13.2. The van der Waals surface area contributed by atoms with Crippen molar-refractivity contribution in [3.8, 4) is 0 Å². The van der Waals surface area contributed by atoms with E-state index in [9.17, 15) is 4.79 Å². The maximum Gasteiger partial charge on any atom is 0.227 e. The first kappa shape index (κ1) is 19.3. The number of nitrogens with zero attached hydrogens (tertiary/aromatic N) is 4. The van der Waals surface area contributed by atoms with Crippen molar-refractivity contribution in [3.05, 3.63) is 18.0 Å². The Morgan fingerprint density at radius 2 is 2.19 bits per heavy atom. The number of methoxy groups -OCH3 is 1. The minimum absolute atomic E-state index is 0.0834. The van der Waals surface area contributed by atoms with Gasteiger partial charge in [0.05, 0.1) is 18.7 Å². The van der Waals surface area contributed by atoms with Gasteiger partial charge in [0.25, 0.3) is 0 Å². The minimum atomic E-state index is 0.0834. The molecule has 0 saturated carbocycles. The van der Waals surface area contributed by atoms with E-state index < -0.39 is 0 Å². The lowest BCUT2D eigenvalue weighted by Crippen LogP contribution is -2.49. The second kappa shape index (κ2) is 9.48. The molecule has 0 bridgehead atoms. The second-order valence-electron chi connectivity index (χ2n) is 7.45. The zero-order chi connectivity index (χ0) is 18.4. The largest absolute Gasteiger partial charge is 0.383 e. The first-order chi connectivity index (χ1) is 12.7. The molecule has 146 valence electrons. The van der Waals surface area contributed by atoms with E-state index in [1.165, 1.54) is 0 Å². The average Bonchev–Trinajstić information content (AvgIpc) is 3.10. The molecular formula is C19H32N4O3. The van der Waals surface area contributed by atoms with Crippen LogP contribution < -0.4 is 0 Å². The summed E-state index contributed by atoms with van der Waals surface area (Å²) in [7, 11) is 3.58. The third kappa shape index (κ3) is 5.05. The van der Waals surface area contributed by atoms with Crippen molar-refractivity contribution in [2.45, 2.75) is 38.3 Å². The van der Waals surface area contributed by atoms with Crippen LogP contribution in [0.1, 0.15) is 31.2 Å². The van der Waals surface area contributed by atoms with Crippen LogP contribution in [0.4, 0.5) is 0 Å². The third-order valence-electron chi connectivity index (χ3n) is 5.52. The number of amides is 1. The number of ether oxygens (including phenoxy) is 2. The number of carbonyl (C=O) groups is 1. The molecule has 0 aliphatic carbocycles. The molecule has 0 spiro atoms. The summed E-state index contributed by atoms with van der Waals surface area (Å²) in [6.45, 7) is 5.46. The van der Waals surface area contributed by atoms with Gasteiger partial charge in [-0.25, -0.2) is 0 Å². The highest BCUT2D eigenvalue weighted by molar-refractivity contribution is 5.79. The van der Waals surface area contributed by atoms with Crippen LogP contribution >= 0.6 is 0 Å². The monoisotopic (exact) mass is 364 g/mol. The minimum Gasteiger partial charge on any atom is -0.383 e. The van der Waals surface area contributed by atoms with Crippen molar-refractivity contribution >= 4 is 5.91 Å². The number of aromatic nitrogens is 2. The predicted octanol–water partition coefficient (Wildman–Crippen LogP) is 1.29. The van der Waals surface area contributed by atoms with E-state index >= 15 is 0 Å². The molecule has 7 heteroatoms. The maximum atomic E-state index is 13.2. The van der Waals surface area contributed by atoms with Gasteiger partial charge < -0.3 is 14.4 Å². The van der Waals surface area contributed by atoms with Crippen molar-refractivity contribution in [3.63, 3.8) is 0 Å². The quantitative estimate of drug-likeness (QED) is 0.730. The van der Waals surface area contributed by atoms with Gasteiger partial charge in [-0.15, -0.1) is 0 Å². The number of rotatable bonds is 7. The van der Waals surface area contributed by atoms with Crippen LogP contribution in [0.3, 0.4) is 0 Å². The number of piperidine rings is 1. The predicted molar refractivity (Wildman–Crippen MR) is 98.6 cm³/mol. The van der Waals surface area contributed by atoms with Crippen molar-refractivity contribution in [1.82, 2.24) is 19.6 Å². The molecule has 26 heavy (non-hydrogen) atoms. The van der Waals surface area contributed by atoms with Gasteiger partial charge >= 0.3 is 0 Å². The number of likely N-dealkylation sites (tertiary alicyclic amines) is 1. The van der Waals surface area contributed by atoms with Gasteiger partial charge in [0.1, 0.15) is 0 Å². The lowest BCUT2D eigenvalue weighted by molar-refractivity contribution is -0.139. The molecule has 3 heterocycles. The van der Waals surface area contributed by atoms with E-state index in [2.05, 4.69) is 10.00 Å². The summed E-state index contributed by atoms with van der Waals surface area (Å²) < 4.78 is 12.5. The summed E-state index contributed by atoms with van der Waals surface area (Å²) in [5, 5.41) is 4.22. The molecule has 1 unspecified atom stereocenters. The Bertz CT molecular complexity index is 571. The molecule has 2 fully saturated rings. The molecule has 1 aromatic heterocycles. The van der Waals surface area contributed by atoms with E-state index in [4.69, 9.17) is 9.47 Å². The average molecular weight is 364 g/mol. The molecule has 1 aromatic rings. The van der Waals surface area contributed by atoms with Gasteiger partial charge in [-0.3, -0.25) is 14.4 Å². The Morgan fingerprint density at radius 1 is 1.38 bits per heavy atom. The van der Waals surface area contributed by atoms with Crippen molar-refractivity contribution in [1.29, 1.82) is 0 Å². The fourth-order valence-corrected chi connectivity index (χ4v) is 4.09. The highest BCUT2D eigenvalue weighted by Crippen LogP contribution is 2.25. The SMILES string of the molecule is COCCN(Cc1cnn(C)c1)C(=O)C1CCCN(C2CCOCC2)C1. The molecule has 1 atom stereocenters. The zero-order valence-electron chi connectivity index (χ0n) is 16.1. The molecule has 0 aromatic carbocycles. The van der Waals surface area contributed by atoms with Crippen LogP contribution in [0.5, 0.6) is 0 Å². The fraction of sp³-hybridized carbons (Fsp3) is 0.789. The number of hydrogen-bond acceptors (Lipinski definition) is 5. The van der Waals surface area contributed by atoms with E-state index in [-0.39, 0.29) is 11.8 Å². The normalized spacial score (nSPS) is 22.5. The van der Waals surface area contributed by atoms with Gasteiger partial charge in [0.2, 0.25) is 5.91 Å². The van der Waals surface area contributed by atoms with Gasteiger partial charge in [-0.05, 0) is 32.2 Å². The van der Waals surface area contributed by atoms with Crippen molar-refractivity contribution < 1.29 is 14.3 Å². The highest BCUT2D eigenvalue weighted by Gasteiger charge is 2.32. The molecule has 2 saturated heterocycles. The number of aryl methyl sites for hydroxylation is 1. The molecule has 0 N–H and O–H groups in total. The lowest BCUT2D eigenvalue weighted by Gasteiger charge is -2.40. The van der Waals surface area contributed by atoms with Crippen molar-refractivity contribution in [2.75, 3.05) is 46.6 Å². The van der Waals surface area contributed by atoms with Gasteiger partial charge in [0, 0.05) is 64.8 Å². The van der Waals surface area contributed by atoms with Crippen LogP contribution in [0.2, 0.25) is 0 Å². The van der Waals surface area contributed by atoms with Crippen LogP contribution in [0, 0.1) is 5.92 Å². The highest BCUT2D eigenvalue weighted by atomic mass is 16.5. The Balaban J connectivity index is 1.62. The van der Waals surface area contributed by atoms with Crippen molar-refractivity contribution in [2.24, 2.45) is 13.0 Å². The molecule has 7 nitrogen and oxygen atoms in total. The molecule has 2 aliphatic rings. The summed E-state index contributed by atoms with van der Waals surface area (Å²) in [5.41, 5.74) is 1.06. The van der Waals surface area contributed by atoms with Gasteiger partial charge in [0.15, 0.2) is 0 Å². The summed E-state index contributed by atoms with van der Waals surface area (Å²) in [5.74, 6) is 0.336. The summed E-state index contributed by atoms with van der Waals surface area (Å²) >= 11 is 0. The first-order valence-corrected chi connectivity index (χ1v) is 9.74. The number of carbonyl (C=O) groups excluding carboxylic acids is 1. The summed E-state index contributed by atoms with van der Waals surface area (Å²) in [6.07, 6.45) is 8.06. The standard InChI is InChI=1S/C19H32N4O3/c1-21-13-16(12-20-21)14-23(8-11-25-2)19(24)17-4-3-7-22(15-17)18-5-9-26-10-6-18/h12-13,17-18H,3-11,14-15H2,1-2H3. The Hall–Kier alpha value is -1.44. The molecular weight excluding hydrogens is 332 g/mol. The van der Waals surface area contributed by atoms with E-state index in [0.717, 1.165) is 57.6 Å². The van der Waals surface area contributed by atoms with Gasteiger partial charge in [-0.2, -0.15) is 5.10 Å². The van der Waals surface area contributed by atoms with Gasteiger partial charge in [-0.1, -0.05) is 0 Å². The van der Waals surface area contributed by atoms with Crippen LogP contribution in [-0.2, 0) is 27.9 Å². The summed E-state index contributed by atoms with van der Waals surface area (Å²) in [4.78, 5) is 17.7. The van der Waals surface area contributed by atoms with E-state index in [0.29, 0.717) is 25.7 Å². The van der Waals surface area contributed by atoms with Crippen LogP contribution in [-0.4, -0.2) is 78.1 Å². The third-order valence-corrected chi connectivity index (χ3v) is 5.52. The first-order valence-electron chi connectivity index (χ1n) is 9.74. The van der Waals surface area contributed by atoms with E-state index in [1.807, 2.05) is 24.3 Å². The fourth-order valence-electron chi connectivity index (χ4n) is 4.09. The number of hydrogen-bond donors (Lipinski definition) is 0. The molecule has 1 amide bonds. The molecule has 3 rings (SSSR count). The zero-order valence-corrected chi connectivity index (χ0v) is 16.1. The molecule has 0 radical (unpaired) electrons. The summed E-state index contributed by atoms with van der Waals surface area (Å²) in [6, 6.07) is 0.574.